The first-order chi connectivity index (χ1) is 10.2. The van der Waals surface area contributed by atoms with Crippen LogP contribution in [0.25, 0.3) is 0 Å². The van der Waals surface area contributed by atoms with Crippen molar-refractivity contribution in [3.63, 3.8) is 0 Å². The number of hydrogen-bond donors (Lipinski definition) is 1. The van der Waals surface area contributed by atoms with E-state index in [9.17, 15) is 4.79 Å². The monoisotopic (exact) mass is 301 g/mol. The van der Waals surface area contributed by atoms with Crippen molar-refractivity contribution in [2.45, 2.75) is 25.4 Å². The highest BCUT2D eigenvalue weighted by Gasteiger charge is 2.43. The number of ether oxygens (including phenoxy) is 1. The Bertz CT molecular complexity index is 672. The third-order valence-corrected chi connectivity index (χ3v) is 4.00. The smallest absolute Gasteiger partial charge is 0.412 e. The minimum absolute atomic E-state index is 0.429. The molecule has 4 heteroatoms. The zero-order chi connectivity index (χ0) is 14.9. The van der Waals surface area contributed by atoms with Gasteiger partial charge in [0.2, 0.25) is 0 Å². The first-order valence-electron chi connectivity index (χ1n) is 7.01. The molecule has 0 saturated carbocycles. The summed E-state index contributed by atoms with van der Waals surface area (Å²) in [6, 6.07) is 15.3. The molecular formula is C17H16ClNO2. The number of carbonyl (C=O) groups excluding carboxylic acids is 1. The van der Waals surface area contributed by atoms with Crippen molar-refractivity contribution in [1.29, 1.82) is 0 Å². The van der Waals surface area contributed by atoms with E-state index in [1.807, 2.05) is 42.5 Å². The molecule has 108 valence electrons. The number of benzene rings is 2. The predicted octanol–water partition coefficient (Wildman–Crippen LogP) is 4.95. The molecule has 2 aromatic rings. The van der Waals surface area contributed by atoms with Crippen LogP contribution < -0.4 is 5.32 Å². The van der Waals surface area contributed by atoms with E-state index in [4.69, 9.17) is 16.3 Å². The average Bonchev–Trinajstić information content (AvgIpc) is 2.49. The summed E-state index contributed by atoms with van der Waals surface area (Å²) in [5, 5.41) is 3.38. The maximum Gasteiger partial charge on any atom is 0.412 e. The van der Waals surface area contributed by atoms with Crippen LogP contribution in [0.5, 0.6) is 0 Å². The lowest BCUT2D eigenvalue weighted by Gasteiger charge is -2.39. The Morgan fingerprint density at radius 2 is 1.95 bits per heavy atom. The van der Waals surface area contributed by atoms with E-state index < -0.39 is 11.7 Å². The van der Waals surface area contributed by atoms with Gasteiger partial charge in [-0.05, 0) is 24.6 Å². The summed E-state index contributed by atoms with van der Waals surface area (Å²) in [7, 11) is 0. The fourth-order valence-electron chi connectivity index (χ4n) is 2.91. The molecular weight excluding hydrogens is 286 g/mol. The van der Waals surface area contributed by atoms with Gasteiger partial charge in [-0.2, -0.15) is 0 Å². The lowest BCUT2D eigenvalue weighted by molar-refractivity contribution is 0.0367. The third kappa shape index (κ3) is 2.38. The van der Waals surface area contributed by atoms with Crippen LogP contribution in [0.1, 0.15) is 30.9 Å². The lowest BCUT2D eigenvalue weighted by atomic mass is 9.81. The molecule has 1 amide bonds. The highest BCUT2D eigenvalue weighted by atomic mass is 35.5. The number of halogens is 1. The molecule has 3 nitrogen and oxygen atoms in total. The minimum atomic E-state index is -0.779. The zero-order valence-corrected chi connectivity index (χ0v) is 12.5. The Morgan fingerprint density at radius 3 is 2.67 bits per heavy atom. The Morgan fingerprint density at radius 1 is 1.19 bits per heavy atom. The second-order valence-electron chi connectivity index (χ2n) is 5.15. The van der Waals surface area contributed by atoms with Crippen LogP contribution in [0.15, 0.2) is 48.5 Å². The van der Waals surface area contributed by atoms with Crippen molar-refractivity contribution in [3.05, 3.63) is 64.7 Å². The molecule has 0 fully saturated rings. The van der Waals surface area contributed by atoms with Gasteiger partial charge in [0.05, 0.1) is 5.69 Å². The van der Waals surface area contributed by atoms with E-state index in [-0.39, 0.29) is 0 Å². The zero-order valence-electron chi connectivity index (χ0n) is 11.7. The molecule has 0 aliphatic carbocycles. The molecule has 0 spiro atoms. The van der Waals surface area contributed by atoms with E-state index in [2.05, 4.69) is 12.2 Å². The average molecular weight is 302 g/mol. The summed E-state index contributed by atoms with van der Waals surface area (Å²) in [5.41, 5.74) is 1.85. The Hall–Kier alpha value is -2.00. The van der Waals surface area contributed by atoms with Gasteiger partial charge in [-0.15, -0.1) is 0 Å². The van der Waals surface area contributed by atoms with Gasteiger partial charge >= 0.3 is 6.09 Å². The number of fused-ring (bicyclic) bond motifs is 1. The van der Waals surface area contributed by atoms with E-state index in [0.29, 0.717) is 11.4 Å². The van der Waals surface area contributed by atoms with Crippen LogP contribution in [0.4, 0.5) is 10.5 Å². The lowest BCUT2D eigenvalue weighted by Crippen LogP contribution is -2.40. The van der Waals surface area contributed by atoms with Gasteiger partial charge in [-0.25, -0.2) is 4.79 Å². The van der Waals surface area contributed by atoms with Crippen molar-refractivity contribution in [3.8, 4) is 0 Å². The van der Waals surface area contributed by atoms with Crippen LogP contribution in [-0.4, -0.2) is 6.09 Å². The predicted molar refractivity (Wildman–Crippen MR) is 83.7 cm³/mol. The second-order valence-corrected chi connectivity index (χ2v) is 5.58. The molecule has 2 aromatic carbocycles. The summed E-state index contributed by atoms with van der Waals surface area (Å²) in [6.45, 7) is 2.07. The number of carbonyl (C=O) groups is 1. The van der Waals surface area contributed by atoms with Gasteiger partial charge in [0.25, 0.3) is 0 Å². The molecule has 0 radical (unpaired) electrons. The first-order valence-corrected chi connectivity index (χ1v) is 7.39. The standard InChI is InChI=1S/C17H16ClNO2/c1-2-10-17(12-6-4-3-5-7-12)14-11-13(18)8-9-15(14)19-16(20)21-17/h3-9,11H,2,10H2,1H3,(H,19,20)/t17-/m0/s1. The highest BCUT2D eigenvalue weighted by Crippen LogP contribution is 2.45. The van der Waals surface area contributed by atoms with Crippen molar-refractivity contribution in [2.24, 2.45) is 0 Å². The summed E-state index contributed by atoms with van der Waals surface area (Å²) >= 11 is 6.16. The second kappa shape index (κ2) is 5.41. The molecule has 0 bridgehead atoms. The van der Waals surface area contributed by atoms with Crippen LogP contribution in [0, 0.1) is 0 Å². The van der Waals surface area contributed by atoms with Gasteiger partial charge in [0, 0.05) is 16.1 Å². The summed E-state index contributed by atoms with van der Waals surface area (Å²) in [4.78, 5) is 12.0. The van der Waals surface area contributed by atoms with Gasteiger partial charge in [-0.1, -0.05) is 55.3 Å². The van der Waals surface area contributed by atoms with Crippen LogP contribution >= 0.6 is 11.6 Å². The number of amides is 1. The quantitative estimate of drug-likeness (QED) is 0.871. The normalized spacial score (nSPS) is 20.4. The molecule has 1 atom stereocenters. The van der Waals surface area contributed by atoms with E-state index in [1.165, 1.54) is 0 Å². The molecule has 0 unspecified atom stereocenters. The Kier molecular flexibility index (Phi) is 3.60. The molecule has 1 N–H and O–H groups in total. The molecule has 3 rings (SSSR count). The van der Waals surface area contributed by atoms with Crippen molar-refractivity contribution >= 4 is 23.4 Å². The van der Waals surface area contributed by atoms with Crippen LogP contribution in [0.3, 0.4) is 0 Å². The molecule has 0 saturated heterocycles. The van der Waals surface area contributed by atoms with Gasteiger partial charge in [-0.3, -0.25) is 5.32 Å². The van der Waals surface area contributed by atoms with Crippen LogP contribution in [0.2, 0.25) is 5.02 Å². The van der Waals surface area contributed by atoms with Gasteiger partial charge in [0.1, 0.15) is 0 Å². The fourth-order valence-corrected chi connectivity index (χ4v) is 3.08. The number of cyclic esters (lactones) is 1. The van der Waals surface area contributed by atoms with E-state index >= 15 is 0 Å². The first kappa shape index (κ1) is 14.0. The molecule has 1 aliphatic heterocycles. The van der Waals surface area contributed by atoms with E-state index in [0.717, 1.165) is 23.2 Å². The maximum absolute atomic E-state index is 12.0. The minimum Gasteiger partial charge on any atom is -0.433 e. The maximum atomic E-state index is 12.0. The fraction of sp³-hybridized carbons (Fsp3) is 0.235. The molecule has 1 aliphatic rings. The summed E-state index contributed by atoms with van der Waals surface area (Å²) < 4.78 is 5.77. The summed E-state index contributed by atoms with van der Waals surface area (Å²) in [6.07, 6.45) is 1.16. The van der Waals surface area contributed by atoms with Gasteiger partial charge < -0.3 is 4.74 Å². The molecule has 1 heterocycles. The number of hydrogen-bond acceptors (Lipinski definition) is 2. The van der Waals surface area contributed by atoms with Crippen molar-refractivity contribution in [2.75, 3.05) is 5.32 Å². The largest absolute Gasteiger partial charge is 0.433 e. The SMILES string of the molecule is CCC[C@@]1(c2ccccc2)OC(=O)Nc2ccc(Cl)cc21. The number of rotatable bonds is 3. The van der Waals surface area contributed by atoms with Gasteiger partial charge in [0.15, 0.2) is 5.60 Å². The Labute approximate surface area is 128 Å². The number of anilines is 1. The van der Waals surface area contributed by atoms with Crippen molar-refractivity contribution < 1.29 is 9.53 Å². The molecule has 21 heavy (non-hydrogen) atoms. The van der Waals surface area contributed by atoms with E-state index in [1.54, 1.807) is 6.07 Å². The third-order valence-electron chi connectivity index (χ3n) is 3.76. The highest BCUT2D eigenvalue weighted by molar-refractivity contribution is 6.30. The van der Waals surface area contributed by atoms with Crippen molar-refractivity contribution in [1.82, 2.24) is 0 Å². The topological polar surface area (TPSA) is 38.3 Å². The summed E-state index contributed by atoms with van der Waals surface area (Å²) in [5.74, 6) is 0. The Balaban J connectivity index is 2.25. The number of nitrogens with one attached hydrogen (secondary N) is 1. The molecule has 0 aromatic heterocycles. The van der Waals surface area contributed by atoms with Crippen LogP contribution in [-0.2, 0) is 10.3 Å².